The minimum atomic E-state index is -3.35. The molecular weight excluding hydrogens is 332 g/mol. The van der Waals surface area contributed by atoms with Gasteiger partial charge in [-0.3, -0.25) is 14.6 Å². The Morgan fingerprint density at radius 2 is 2.17 bits per heavy atom. The number of likely N-dealkylation sites (tertiary alicyclic amines) is 1. The van der Waals surface area contributed by atoms with E-state index in [0.29, 0.717) is 13.1 Å². The zero-order valence-corrected chi connectivity index (χ0v) is 14.6. The van der Waals surface area contributed by atoms with Crippen LogP contribution < -0.4 is 5.32 Å². The van der Waals surface area contributed by atoms with Gasteiger partial charge >= 0.3 is 0 Å². The molecule has 132 valence electrons. The molecule has 2 amide bonds. The molecule has 1 atom stereocenters. The Bertz CT molecular complexity index is 691. The van der Waals surface area contributed by atoms with Crippen LogP contribution in [0.25, 0.3) is 0 Å². The lowest BCUT2D eigenvalue weighted by atomic mass is 10.1. The minimum absolute atomic E-state index is 0.0320. The number of carbonyl (C=O) groups is 2. The third kappa shape index (κ3) is 4.75. The van der Waals surface area contributed by atoms with Gasteiger partial charge in [-0.25, -0.2) is 12.7 Å². The normalized spacial score (nSPS) is 18.2. The number of nitrogens with one attached hydrogen (secondary N) is 1. The van der Waals surface area contributed by atoms with Crippen LogP contribution in [0.5, 0.6) is 0 Å². The number of sulfonamides is 1. The van der Waals surface area contributed by atoms with E-state index in [2.05, 4.69) is 10.3 Å². The molecule has 1 N–H and O–H groups in total. The maximum absolute atomic E-state index is 12.1. The largest absolute Gasteiger partial charge is 0.355 e. The lowest BCUT2D eigenvalue weighted by Gasteiger charge is -2.16. The van der Waals surface area contributed by atoms with Crippen LogP contribution in [0.4, 0.5) is 0 Å². The number of amides is 2. The molecule has 0 unspecified atom stereocenters. The van der Waals surface area contributed by atoms with E-state index in [0.717, 1.165) is 10.00 Å². The second-order valence-corrected chi connectivity index (χ2v) is 8.19. The monoisotopic (exact) mass is 354 g/mol. The molecule has 0 aliphatic carbocycles. The van der Waals surface area contributed by atoms with Crippen LogP contribution in [0.15, 0.2) is 24.4 Å². The van der Waals surface area contributed by atoms with Crippen molar-refractivity contribution < 1.29 is 18.0 Å². The molecule has 2 rings (SSSR count). The minimum Gasteiger partial charge on any atom is -0.355 e. The highest BCUT2D eigenvalue weighted by Crippen LogP contribution is 2.19. The molecule has 24 heavy (non-hydrogen) atoms. The van der Waals surface area contributed by atoms with Gasteiger partial charge in [-0.1, -0.05) is 6.07 Å². The lowest BCUT2D eigenvalue weighted by molar-refractivity contribution is -0.129. The predicted molar refractivity (Wildman–Crippen MR) is 88.2 cm³/mol. The van der Waals surface area contributed by atoms with Crippen LogP contribution in [0.3, 0.4) is 0 Å². The summed E-state index contributed by atoms with van der Waals surface area (Å²) in [5.74, 6) is -1.00. The summed E-state index contributed by atoms with van der Waals surface area (Å²) in [6.45, 7) is 0.727. The van der Waals surface area contributed by atoms with E-state index >= 15 is 0 Å². The van der Waals surface area contributed by atoms with Gasteiger partial charge in [-0.05, 0) is 12.1 Å². The molecule has 1 aromatic rings. The second kappa shape index (κ2) is 7.71. The zero-order valence-electron chi connectivity index (χ0n) is 13.8. The number of pyridine rings is 1. The summed E-state index contributed by atoms with van der Waals surface area (Å²) < 4.78 is 24.4. The molecule has 0 saturated carbocycles. The first-order chi connectivity index (χ1) is 11.3. The molecule has 0 radical (unpaired) electrons. The van der Waals surface area contributed by atoms with E-state index in [-0.39, 0.29) is 30.5 Å². The van der Waals surface area contributed by atoms with E-state index in [1.165, 1.54) is 14.1 Å². The van der Waals surface area contributed by atoms with Crippen LogP contribution >= 0.6 is 0 Å². The van der Waals surface area contributed by atoms with Crippen molar-refractivity contribution in [3.05, 3.63) is 30.1 Å². The van der Waals surface area contributed by atoms with E-state index < -0.39 is 15.9 Å². The topological polar surface area (TPSA) is 99.7 Å². The van der Waals surface area contributed by atoms with Gasteiger partial charge in [0.1, 0.15) is 0 Å². The predicted octanol–water partition coefficient (Wildman–Crippen LogP) is -0.562. The SMILES string of the molecule is CN(C)S(=O)(=O)CCNC(=O)[C@H]1CC(=O)N(Cc2ccccn2)C1. The van der Waals surface area contributed by atoms with Crippen molar-refractivity contribution in [3.63, 3.8) is 0 Å². The molecule has 2 heterocycles. The highest BCUT2D eigenvalue weighted by atomic mass is 32.2. The maximum atomic E-state index is 12.1. The van der Waals surface area contributed by atoms with Gasteiger partial charge in [-0.15, -0.1) is 0 Å². The van der Waals surface area contributed by atoms with Gasteiger partial charge in [0.15, 0.2) is 0 Å². The molecule has 1 aliphatic heterocycles. The van der Waals surface area contributed by atoms with E-state index in [9.17, 15) is 18.0 Å². The Morgan fingerprint density at radius 3 is 2.79 bits per heavy atom. The fourth-order valence-electron chi connectivity index (χ4n) is 2.42. The second-order valence-electron chi connectivity index (χ2n) is 5.89. The number of carbonyl (C=O) groups excluding carboxylic acids is 2. The summed E-state index contributed by atoms with van der Waals surface area (Å²) in [6, 6.07) is 5.47. The molecular formula is C15H22N4O4S. The summed E-state index contributed by atoms with van der Waals surface area (Å²) >= 11 is 0. The molecule has 1 saturated heterocycles. The van der Waals surface area contributed by atoms with Crippen molar-refractivity contribution in [3.8, 4) is 0 Å². The van der Waals surface area contributed by atoms with Crippen molar-refractivity contribution in [2.45, 2.75) is 13.0 Å². The number of aromatic nitrogens is 1. The summed E-state index contributed by atoms with van der Waals surface area (Å²) in [7, 11) is -0.453. The average molecular weight is 354 g/mol. The van der Waals surface area contributed by atoms with Crippen molar-refractivity contribution in [1.29, 1.82) is 0 Å². The molecule has 0 aromatic carbocycles. The van der Waals surface area contributed by atoms with E-state index in [1.807, 2.05) is 12.1 Å². The molecule has 1 aliphatic rings. The smallest absolute Gasteiger partial charge is 0.225 e. The Morgan fingerprint density at radius 1 is 1.42 bits per heavy atom. The third-order valence-corrected chi connectivity index (χ3v) is 5.71. The molecule has 0 spiro atoms. The molecule has 0 bridgehead atoms. The Kier molecular flexibility index (Phi) is 5.89. The fourth-order valence-corrected chi connectivity index (χ4v) is 3.14. The van der Waals surface area contributed by atoms with Crippen molar-refractivity contribution in [2.24, 2.45) is 5.92 Å². The van der Waals surface area contributed by atoms with Gasteiger partial charge < -0.3 is 10.2 Å². The first-order valence-electron chi connectivity index (χ1n) is 7.65. The van der Waals surface area contributed by atoms with Crippen molar-refractivity contribution in [2.75, 3.05) is 32.9 Å². The van der Waals surface area contributed by atoms with Gasteiger partial charge in [0, 0.05) is 39.8 Å². The molecule has 1 fully saturated rings. The van der Waals surface area contributed by atoms with Gasteiger partial charge in [-0.2, -0.15) is 0 Å². The highest BCUT2D eigenvalue weighted by Gasteiger charge is 2.34. The molecule has 9 heteroatoms. The lowest BCUT2D eigenvalue weighted by Crippen LogP contribution is -2.37. The van der Waals surface area contributed by atoms with Crippen LogP contribution in [0.2, 0.25) is 0 Å². The first-order valence-corrected chi connectivity index (χ1v) is 9.26. The van der Waals surface area contributed by atoms with Crippen LogP contribution in [-0.2, 0) is 26.2 Å². The van der Waals surface area contributed by atoms with Crippen LogP contribution in [0.1, 0.15) is 12.1 Å². The summed E-state index contributed by atoms with van der Waals surface area (Å²) in [5, 5.41) is 2.60. The number of hydrogen-bond donors (Lipinski definition) is 1. The fraction of sp³-hybridized carbons (Fsp3) is 0.533. The standard InChI is InChI=1S/C15H22N4O4S/c1-18(2)24(22,23)8-7-17-15(21)12-9-14(20)19(10-12)11-13-5-3-4-6-16-13/h3-6,12H,7-11H2,1-2H3,(H,17,21)/t12-/m0/s1. The summed E-state index contributed by atoms with van der Waals surface area (Å²) in [5.41, 5.74) is 0.768. The van der Waals surface area contributed by atoms with Gasteiger partial charge in [0.25, 0.3) is 0 Å². The number of hydrogen-bond acceptors (Lipinski definition) is 5. The molecule has 1 aromatic heterocycles. The van der Waals surface area contributed by atoms with Crippen molar-refractivity contribution in [1.82, 2.24) is 19.5 Å². The zero-order chi connectivity index (χ0) is 17.7. The van der Waals surface area contributed by atoms with Crippen molar-refractivity contribution >= 4 is 21.8 Å². The summed E-state index contributed by atoms with van der Waals surface area (Å²) in [6.07, 6.45) is 1.80. The van der Waals surface area contributed by atoms with Crippen LogP contribution in [-0.4, -0.2) is 67.4 Å². The highest BCUT2D eigenvalue weighted by molar-refractivity contribution is 7.89. The van der Waals surface area contributed by atoms with E-state index in [4.69, 9.17) is 0 Å². The van der Waals surface area contributed by atoms with E-state index in [1.54, 1.807) is 17.2 Å². The molecule has 8 nitrogen and oxygen atoms in total. The summed E-state index contributed by atoms with van der Waals surface area (Å²) in [4.78, 5) is 29.9. The van der Waals surface area contributed by atoms with Crippen LogP contribution in [0, 0.1) is 5.92 Å². The average Bonchev–Trinajstić information content (AvgIpc) is 2.89. The third-order valence-electron chi connectivity index (χ3n) is 3.88. The number of rotatable bonds is 7. The Labute approximate surface area is 141 Å². The number of nitrogens with zero attached hydrogens (tertiary/aromatic N) is 3. The van der Waals surface area contributed by atoms with Gasteiger partial charge in [0.05, 0.1) is 23.9 Å². The quantitative estimate of drug-likeness (QED) is 0.707. The maximum Gasteiger partial charge on any atom is 0.225 e. The van der Waals surface area contributed by atoms with Gasteiger partial charge in [0.2, 0.25) is 21.8 Å². The Balaban J connectivity index is 1.83. The Hall–Kier alpha value is -2.00. The first kappa shape index (κ1) is 18.3.